The summed E-state index contributed by atoms with van der Waals surface area (Å²) in [6, 6.07) is 2.15. The molecule has 0 aromatic carbocycles. The van der Waals surface area contributed by atoms with Crippen molar-refractivity contribution in [3.8, 4) is 0 Å². The van der Waals surface area contributed by atoms with Crippen molar-refractivity contribution in [2.75, 3.05) is 18.8 Å². The van der Waals surface area contributed by atoms with E-state index >= 15 is 0 Å². The molecule has 1 aromatic heterocycles. The average molecular weight is 346 g/mol. The van der Waals surface area contributed by atoms with Gasteiger partial charge in [0, 0.05) is 24.9 Å². The van der Waals surface area contributed by atoms with Gasteiger partial charge in [-0.1, -0.05) is 0 Å². The molecule has 0 atom stereocenters. The number of sulfonamides is 1. The lowest BCUT2D eigenvalue weighted by molar-refractivity contribution is -0.0335. The summed E-state index contributed by atoms with van der Waals surface area (Å²) in [6.45, 7) is 1.43. The molecule has 0 fully saturated rings. The minimum atomic E-state index is -4.50. The van der Waals surface area contributed by atoms with Crippen LogP contribution in [0.2, 0.25) is 0 Å². The number of alkyl halides is 3. The van der Waals surface area contributed by atoms with Gasteiger partial charge >= 0.3 is 5.51 Å². The molecule has 120 valence electrons. The quantitative estimate of drug-likeness (QED) is 0.578. The summed E-state index contributed by atoms with van der Waals surface area (Å²) in [7, 11) is -3.35. The first kappa shape index (κ1) is 17.9. The summed E-state index contributed by atoms with van der Waals surface area (Å²) < 4.78 is 65.4. The molecule has 0 saturated heterocycles. The summed E-state index contributed by atoms with van der Waals surface area (Å²) in [5.74, 6) is -1.09. The van der Waals surface area contributed by atoms with Crippen molar-refractivity contribution in [1.29, 1.82) is 0 Å². The van der Waals surface area contributed by atoms with Crippen LogP contribution in [0.25, 0.3) is 0 Å². The molecule has 1 heterocycles. The fourth-order valence-corrected chi connectivity index (χ4v) is 2.30. The highest BCUT2D eigenvalue weighted by atomic mass is 32.2. The summed E-state index contributed by atoms with van der Waals surface area (Å²) in [5, 5.41) is 1.88. The lowest BCUT2D eigenvalue weighted by Crippen LogP contribution is -2.35. The second kappa shape index (κ2) is 7.18. The molecule has 0 bridgehead atoms. The van der Waals surface area contributed by atoms with Gasteiger partial charge in [0.15, 0.2) is 10.9 Å². The van der Waals surface area contributed by atoms with Crippen LogP contribution in [0.1, 0.15) is 17.5 Å². The van der Waals surface area contributed by atoms with Gasteiger partial charge in [-0.3, -0.25) is 4.79 Å². The highest BCUT2D eigenvalue weighted by molar-refractivity contribution is 8.00. The Morgan fingerprint density at radius 1 is 1.33 bits per heavy atom. The molecule has 0 spiro atoms. The van der Waals surface area contributed by atoms with Crippen molar-refractivity contribution in [3.05, 3.63) is 17.9 Å². The van der Waals surface area contributed by atoms with Crippen LogP contribution < -0.4 is 10.0 Å². The first-order chi connectivity index (χ1) is 9.63. The molecule has 0 unspecified atom stereocenters. The molecule has 0 aliphatic heterocycles. The van der Waals surface area contributed by atoms with E-state index in [9.17, 15) is 26.4 Å². The number of carbonyl (C=O) groups excluding carboxylic acids is 1. The van der Waals surface area contributed by atoms with Crippen molar-refractivity contribution in [3.63, 3.8) is 0 Å². The van der Waals surface area contributed by atoms with Gasteiger partial charge in [0.1, 0.15) is 0 Å². The highest BCUT2D eigenvalue weighted by Gasteiger charge is 2.31. The predicted octanol–water partition coefficient (Wildman–Crippen LogP) is 1.56. The van der Waals surface area contributed by atoms with Crippen molar-refractivity contribution in [1.82, 2.24) is 10.0 Å². The van der Waals surface area contributed by atoms with Crippen LogP contribution >= 0.6 is 11.8 Å². The summed E-state index contributed by atoms with van der Waals surface area (Å²) in [5.41, 5.74) is -4.50. The molecule has 1 aromatic rings. The third-order valence-corrected chi connectivity index (χ3v) is 4.19. The van der Waals surface area contributed by atoms with E-state index in [1.165, 1.54) is 6.92 Å². The van der Waals surface area contributed by atoms with Crippen molar-refractivity contribution in [2.45, 2.75) is 17.5 Å². The minimum Gasteiger partial charge on any atom is -0.444 e. The van der Waals surface area contributed by atoms with E-state index in [-0.39, 0.29) is 24.6 Å². The molecule has 1 rings (SSSR count). The molecule has 0 radical (unpaired) electrons. The van der Waals surface area contributed by atoms with Gasteiger partial charge in [-0.25, -0.2) is 13.1 Å². The molecule has 0 aliphatic rings. The van der Waals surface area contributed by atoms with E-state index in [0.717, 1.165) is 12.1 Å². The van der Waals surface area contributed by atoms with Gasteiger partial charge in [-0.05, 0) is 19.1 Å². The Bertz CT molecular complexity index is 583. The molecular formula is C10H13F3N2O4S2. The standard InChI is InChI=1S/C10H13F3N2O4S2/c1-2-21(17,18)15-6-5-14-9(16)7-3-4-8(19-7)20-10(11,12)13/h3-4,15H,2,5-6H2,1H3,(H,14,16). The van der Waals surface area contributed by atoms with Crippen LogP contribution in [0.3, 0.4) is 0 Å². The van der Waals surface area contributed by atoms with Gasteiger partial charge in [0.2, 0.25) is 10.0 Å². The number of carbonyl (C=O) groups is 1. The lowest BCUT2D eigenvalue weighted by atomic mass is 10.4. The van der Waals surface area contributed by atoms with E-state index in [1.807, 2.05) is 0 Å². The van der Waals surface area contributed by atoms with Crippen LogP contribution in [-0.4, -0.2) is 38.7 Å². The maximum Gasteiger partial charge on any atom is 0.449 e. The maximum absolute atomic E-state index is 12.1. The summed E-state index contributed by atoms with van der Waals surface area (Å²) in [4.78, 5) is 11.5. The fraction of sp³-hybridized carbons (Fsp3) is 0.500. The van der Waals surface area contributed by atoms with Crippen molar-refractivity contribution < 1.29 is 30.8 Å². The van der Waals surface area contributed by atoms with E-state index in [2.05, 4.69) is 10.0 Å². The Kier molecular flexibility index (Phi) is 6.10. The Hall–Kier alpha value is -1.20. The monoisotopic (exact) mass is 346 g/mol. The molecule has 1 amide bonds. The smallest absolute Gasteiger partial charge is 0.444 e. The number of rotatable bonds is 7. The SMILES string of the molecule is CCS(=O)(=O)NCCNC(=O)c1ccc(SC(F)(F)F)o1. The first-order valence-electron chi connectivity index (χ1n) is 5.74. The van der Waals surface area contributed by atoms with Gasteiger partial charge in [0.25, 0.3) is 5.91 Å². The number of hydrogen-bond acceptors (Lipinski definition) is 5. The molecule has 0 saturated carbocycles. The van der Waals surface area contributed by atoms with Gasteiger partial charge < -0.3 is 9.73 Å². The van der Waals surface area contributed by atoms with Crippen molar-refractivity contribution in [2.24, 2.45) is 0 Å². The third kappa shape index (κ3) is 6.87. The molecular weight excluding hydrogens is 333 g/mol. The summed E-state index contributed by atoms with van der Waals surface area (Å²) in [6.07, 6.45) is 0. The largest absolute Gasteiger partial charge is 0.449 e. The predicted molar refractivity (Wildman–Crippen MR) is 70.4 cm³/mol. The third-order valence-electron chi connectivity index (χ3n) is 2.13. The fourth-order valence-electron chi connectivity index (χ4n) is 1.18. The molecule has 2 N–H and O–H groups in total. The van der Waals surface area contributed by atoms with Crippen LogP contribution in [0.4, 0.5) is 13.2 Å². The molecule has 11 heteroatoms. The number of furan rings is 1. The minimum absolute atomic E-state index is 0.0134. The Morgan fingerprint density at radius 3 is 2.57 bits per heavy atom. The van der Waals surface area contributed by atoms with Gasteiger partial charge in [-0.15, -0.1) is 0 Å². The van der Waals surface area contributed by atoms with E-state index in [4.69, 9.17) is 4.42 Å². The van der Waals surface area contributed by atoms with Crippen LogP contribution in [0.5, 0.6) is 0 Å². The van der Waals surface area contributed by atoms with E-state index in [0.29, 0.717) is 0 Å². The Labute approximate surface area is 123 Å². The first-order valence-corrected chi connectivity index (χ1v) is 8.21. The lowest BCUT2D eigenvalue weighted by Gasteiger charge is -2.05. The van der Waals surface area contributed by atoms with Crippen molar-refractivity contribution >= 4 is 27.7 Å². The number of amides is 1. The second-order valence-electron chi connectivity index (χ2n) is 3.72. The van der Waals surface area contributed by atoms with Gasteiger partial charge in [0.05, 0.1) is 5.75 Å². The number of halogens is 3. The molecule has 6 nitrogen and oxygen atoms in total. The summed E-state index contributed by atoms with van der Waals surface area (Å²) >= 11 is -0.465. The average Bonchev–Trinajstić information content (AvgIpc) is 2.80. The number of thioether (sulfide) groups is 1. The zero-order valence-corrected chi connectivity index (χ0v) is 12.5. The number of nitrogens with one attached hydrogen (secondary N) is 2. The van der Waals surface area contributed by atoms with Crippen LogP contribution in [-0.2, 0) is 10.0 Å². The Morgan fingerprint density at radius 2 is 2.00 bits per heavy atom. The Balaban J connectivity index is 2.43. The highest BCUT2D eigenvalue weighted by Crippen LogP contribution is 2.37. The molecule has 0 aliphatic carbocycles. The zero-order valence-electron chi connectivity index (χ0n) is 10.9. The van der Waals surface area contributed by atoms with Crippen LogP contribution in [0.15, 0.2) is 21.6 Å². The van der Waals surface area contributed by atoms with E-state index in [1.54, 1.807) is 0 Å². The number of hydrogen-bond donors (Lipinski definition) is 2. The second-order valence-corrected chi connectivity index (χ2v) is 6.89. The van der Waals surface area contributed by atoms with Gasteiger partial charge in [-0.2, -0.15) is 13.2 Å². The van der Waals surface area contributed by atoms with E-state index < -0.39 is 38.3 Å². The molecule has 21 heavy (non-hydrogen) atoms. The van der Waals surface area contributed by atoms with Crippen LogP contribution in [0, 0.1) is 0 Å². The topological polar surface area (TPSA) is 88.4 Å². The zero-order chi connectivity index (χ0) is 16.1. The normalized spacial score (nSPS) is 12.4. The maximum atomic E-state index is 12.1.